The second kappa shape index (κ2) is 4.29. The molecular formula is C14H24Si. The van der Waals surface area contributed by atoms with Crippen molar-refractivity contribution in [1.29, 1.82) is 0 Å². The molecule has 1 heteroatoms. The molecule has 0 N–H and O–H groups in total. The van der Waals surface area contributed by atoms with E-state index < -0.39 is 8.07 Å². The number of allylic oxidation sites excluding steroid dienone is 3. The topological polar surface area (TPSA) is 0 Å². The summed E-state index contributed by atoms with van der Waals surface area (Å²) in [4.78, 5) is 0. The van der Waals surface area contributed by atoms with Crippen LogP contribution in [0.4, 0.5) is 0 Å². The highest BCUT2D eigenvalue weighted by atomic mass is 28.3. The summed E-state index contributed by atoms with van der Waals surface area (Å²) in [5, 5.41) is 0. The highest BCUT2D eigenvalue weighted by Crippen LogP contribution is 2.43. The first-order valence-electron chi connectivity index (χ1n) is 6.45. The van der Waals surface area contributed by atoms with E-state index in [4.69, 9.17) is 0 Å². The third kappa shape index (κ3) is 2.84. The number of rotatable bonds is 2. The zero-order chi connectivity index (χ0) is 10.9. The van der Waals surface area contributed by atoms with Gasteiger partial charge in [0.15, 0.2) is 0 Å². The second-order valence-corrected chi connectivity index (χ2v) is 11.3. The van der Waals surface area contributed by atoms with E-state index in [1.165, 1.54) is 32.1 Å². The van der Waals surface area contributed by atoms with Crippen molar-refractivity contribution in [3.8, 4) is 0 Å². The van der Waals surface area contributed by atoms with Gasteiger partial charge in [0.05, 0.1) is 8.07 Å². The average molecular weight is 220 g/mol. The second-order valence-electron chi connectivity index (χ2n) is 6.24. The van der Waals surface area contributed by atoms with Crippen LogP contribution in [0.15, 0.2) is 23.4 Å². The Morgan fingerprint density at radius 2 is 2.00 bits per heavy atom. The van der Waals surface area contributed by atoms with Crippen molar-refractivity contribution in [2.75, 3.05) is 0 Å². The van der Waals surface area contributed by atoms with Crippen LogP contribution in [0.5, 0.6) is 0 Å². The van der Waals surface area contributed by atoms with Gasteiger partial charge in [-0.15, -0.1) is 0 Å². The van der Waals surface area contributed by atoms with Crippen LogP contribution in [0.1, 0.15) is 32.1 Å². The summed E-state index contributed by atoms with van der Waals surface area (Å²) in [7, 11) is -0.989. The summed E-state index contributed by atoms with van der Waals surface area (Å²) in [6.45, 7) is 7.27. The minimum Gasteiger partial charge on any atom is -0.0983 e. The monoisotopic (exact) mass is 220 g/mol. The van der Waals surface area contributed by atoms with Crippen LogP contribution in [0, 0.1) is 11.8 Å². The van der Waals surface area contributed by atoms with E-state index in [0.29, 0.717) is 0 Å². The molecule has 0 spiro atoms. The van der Waals surface area contributed by atoms with E-state index in [1.54, 1.807) is 5.57 Å². The van der Waals surface area contributed by atoms with Crippen LogP contribution < -0.4 is 0 Å². The molecule has 2 rings (SSSR count). The van der Waals surface area contributed by atoms with Gasteiger partial charge < -0.3 is 0 Å². The van der Waals surface area contributed by atoms with Crippen LogP contribution in [-0.2, 0) is 0 Å². The van der Waals surface area contributed by atoms with Gasteiger partial charge in [0, 0.05) is 0 Å². The zero-order valence-electron chi connectivity index (χ0n) is 10.4. The summed E-state index contributed by atoms with van der Waals surface area (Å²) in [5.41, 5.74) is 4.32. The van der Waals surface area contributed by atoms with Crippen molar-refractivity contribution < 1.29 is 0 Å². The molecular weight excluding hydrogens is 196 g/mol. The molecule has 0 nitrogen and oxygen atoms in total. The van der Waals surface area contributed by atoms with E-state index in [9.17, 15) is 0 Å². The minimum atomic E-state index is -0.989. The van der Waals surface area contributed by atoms with Gasteiger partial charge in [-0.1, -0.05) is 43.1 Å². The van der Waals surface area contributed by atoms with Crippen molar-refractivity contribution in [2.45, 2.75) is 51.7 Å². The van der Waals surface area contributed by atoms with E-state index in [-0.39, 0.29) is 0 Å². The van der Waals surface area contributed by atoms with E-state index in [2.05, 4.69) is 37.5 Å². The van der Waals surface area contributed by atoms with Gasteiger partial charge in [-0.25, -0.2) is 0 Å². The van der Waals surface area contributed by atoms with Gasteiger partial charge in [0.1, 0.15) is 0 Å². The SMILES string of the molecule is C[Si](C)(C)/C=C/C1CCC2CCCC=C12. The predicted octanol–water partition coefficient (Wildman–Crippen LogP) is 4.56. The Hall–Kier alpha value is -0.303. The van der Waals surface area contributed by atoms with Crippen molar-refractivity contribution >= 4 is 8.07 Å². The Balaban J connectivity index is 2.05. The maximum absolute atomic E-state index is 2.54. The van der Waals surface area contributed by atoms with Crippen molar-refractivity contribution in [2.24, 2.45) is 11.8 Å². The Morgan fingerprint density at radius 3 is 2.73 bits per heavy atom. The molecule has 84 valence electrons. The van der Waals surface area contributed by atoms with Gasteiger partial charge in [-0.2, -0.15) is 0 Å². The quantitative estimate of drug-likeness (QED) is 0.473. The largest absolute Gasteiger partial charge is 0.0983 e. The fourth-order valence-corrected chi connectivity index (χ4v) is 3.70. The molecule has 2 unspecified atom stereocenters. The summed E-state index contributed by atoms with van der Waals surface area (Å²) in [6, 6.07) is 0. The van der Waals surface area contributed by atoms with Crippen LogP contribution in [0.2, 0.25) is 19.6 Å². The molecule has 0 aliphatic heterocycles. The fourth-order valence-electron chi connectivity index (χ4n) is 2.89. The third-order valence-corrected chi connectivity index (χ3v) is 4.88. The molecule has 0 aromatic carbocycles. The lowest BCUT2D eigenvalue weighted by Crippen LogP contribution is -2.16. The minimum absolute atomic E-state index is 0.807. The highest BCUT2D eigenvalue weighted by Gasteiger charge is 2.29. The van der Waals surface area contributed by atoms with Gasteiger partial charge in [0.2, 0.25) is 0 Å². The fraction of sp³-hybridized carbons (Fsp3) is 0.714. The Kier molecular flexibility index (Phi) is 3.20. The molecule has 0 radical (unpaired) electrons. The number of hydrogen-bond acceptors (Lipinski definition) is 0. The van der Waals surface area contributed by atoms with Crippen molar-refractivity contribution in [1.82, 2.24) is 0 Å². The molecule has 0 aromatic heterocycles. The first-order valence-corrected chi connectivity index (χ1v) is 10.0. The van der Waals surface area contributed by atoms with Crippen LogP contribution in [0.25, 0.3) is 0 Å². The number of fused-ring (bicyclic) bond motifs is 1. The van der Waals surface area contributed by atoms with Crippen molar-refractivity contribution in [3.63, 3.8) is 0 Å². The Bertz CT molecular complexity index is 280. The first-order chi connectivity index (χ1) is 7.06. The molecule has 0 saturated heterocycles. The lowest BCUT2D eigenvalue weighted by Gasteiger charge is -2.20. The molecule has 2 atom stereocenters. The molecule has 0 heterocycles. The molecule has 0 bridgehead atoms. The van der Waals surface area contributed by atoms with E-state index >= 15 is 0 Å². The van der Waals surface area contributed by atoms with Gasteiger partial charge in [-0.05, 0) is 43.9 Å². The Labute approximate surface area is 95.5 Å². The highest BCUT2D eigenvalue weighted by molar-refractivity contribution is 6.80. The maximum Gasteiger partial charge on any atom is 0.0683 e. The first kappa shape index (κ1) is 11.2. The average Bonchev–Trinajstić information content (AvgIpc) is 2.57. The molecule has 1 fully saturated rings. The zero-order valence-corrected chi connectivity index (χ0v) is 11.4. The summed E-state index contributed by atoms with van der Waals surface area (Å²) in [6.07, 6.45) is 12.2. The lowest BCUT2D eigenvalue weighted by atomic mass is 9.87. The van der Waals surface area contributed by atoms with Crippen LogP contribution >= 0.6 is 0 Å². The third-order valence-electron chi connectivity index (χ3n) is 3.69. The van der Waals surface area contributed by atoms with E-state index in [1.807, 2.05) is 0 Å². The van der Waals surface area contributed by atoms with Gasteiger partial charge in [-0.3, -0.25) is 0 Å². The molecule has 2 aliphatic rings. The Morgan fingerprint density at radius 1 is 1.20 bits per heavy atom. The van der Waals surface area contributed by atoms with Crippen LogP contribution in [-0.4, -0.2) is 8.07 Å². The molecule has 0 aromatic rings. The summed E-state index contributed by atoms with van der Waals surface area (Å²) >= 11 is 0. The van der Waals surface area contributed by atoms with Crippen molar-refractivity contribution in [3.05, 3.63) is 23.4 Å². The van der Waals surface area contributed by atoms with Gasteiger partial charge >= 0.3 is 0 Å². The normalized spacial score (nSPS) is 31.8. The molecule has 1 saturated carbocycles. The molecule has 15 heavy (non-hydrogen) atoms. The van der Waals surface area contributed by atoms with Crippen LogP contribution in [0.3, 0.4) is 0 Å². The standard InChI is InChI=1S/C14H24Si/c1-15(2,3)11-10-13-9-8-12-6-4-5-7-14(12)13/h7,10-13H,4-6,8-9H2,1-3H3/b11-10+. The molecule has 0 amide bonds. The smallest absolute Gasteiger partial charge is 0.0683 e. The molecule has 2 aliphatic carbocycles. The van der Waals surface area contributed by atoms with Gasteiger partial charge in [0.25, 0.3) is 0 Å². The number of hydrogen-bond donors (Lipinski definition) is 0. The summed E-state index contributed by atoms with van der Waals surface area (Å²) in [5.74, 6) is 1.76. The van der Waals surface area contributed by atoms with E-state index in [0.717, 1.165) is 11.8 Å². The predicted molar refractivity (Wildman–Crippen MR) is 70.6 cm³/mol. The maximum atomic E-state index is 2.54. The lowest BCUT2D eigenvalue weighted by molar-refractivity contribution is 0.525. The summed E-state index contributed by atoms with van der Waals surface area (Å²) < 4.78 is 0.